The van der Waals surface area contributed by atoms with E-state index in [4.69, 9.17) is 23.7 Å². The molecule has 0 unspecified atom stereocenters. The van der Waals surface area contributed by atoms with Gasteiger partial charge in [0, 0.05) is 12.5 Å². The maximum Gasteiger partial charge on any atom is 0.323 e. The number of hydrogen-bond donors (Lipinski definition) is 0. The number of rotatable bonds is 6. The van der Waals surface area contributed by atoms with Gasteiger partial charge in [0.25, 0.3) is 0 Å². The Bertz CT molecular complexity index is 1040. The molecule has 2 aliphatic rings. The Labute approximate surface area is 193 Å². The van der Waals surface area contributed by atoms with Crippen LogP contribution in [-0.4, -0.2) is 65.0 Å². The van der Waals surface area contributed by atoms with Gasteiger partial charge in [-0.3, -0.25) is 14.5 Å². The van der Waals surface area contributed by atoms with Crippen molar-refractivity contribution in [2.45, 2.75) is 24.4 Å². The topological polar surface area (TPSA) is 83.5 Å². The first-order chi connectivity index (χ1) is 16.0. The largest absolute Gasteiger partial charge is 0.497 e. The molecule has 2 aromatic rings. The Morgan fingerprint density at radius 2 is 1.48 bits per heavy atom. The second kappa shape index (κ2) is 9.31. The third-order valence-corrected chi connectivity index (χ3v) is 6.80. The van der Waals surface area contributed by atoms with Crippen molar-refractivity contribution in [3.63, 3.8) is 0 Å². The van der Waals surface area contributed by atoms with Gasteiger partial charge < -0.3 is 23.7 Å². The number of carbonyl (C=O) groups is 2. The van der Waals surface area contributed by atoms with Crippen LogP contribution in [0.3, 0.4) is 0 Å². The molecule has 2 heterocycles. The van der Waals surface area contributed by atoms with Crippen molar-refractivity contribution < 1.29 is 33.3 Å². The van der Waals surface area contributed by atoms with E-state index >= 15 is 0 Å². The molecule has 0 aromatic heterocycles. The number of methoxy groups -OCH3 is 5. The molecule has 0 aliphatic carbocycles. The van der Waals surface area contributed by atoms with E-state index in [1.807, 2.05) is 36.4 Å². The highest BCUT2D eigenvalue weighted by molar-refractivity contribution is 5.83. The fourth-order valence-electron chi connectivity index (χ4n) is 5.34. The summed E-state index contributed by atoms with van der Waals surface area (Å²) in [6.07, 6.45) is 0.697. The van der Waals surface area contributed by atoms with Gasteiger partial charge >= 0.3 is 11.9 Å². The number of fused-ring (bicyclic) bond motifs is 3. The molecule has 8 nitrogen and oxygen atoms in total. The van der Waals surface area contributed by atoms with Gasteiger partial charge in [-0.25, -0.2) is 0 Å². The van der Waals surface area contributed by atoms with Crippen LogP contribution in [0.25, 0.3) is 0 Å². The second-order valence-electron chi connectivity index (χ2n) is 8.15. The minimum absolute atomic E-state index is 0.375. The van der Waals surface area contributed by atoms with Crippen molar-refractivity contribution in [1.29, 1.82) is 0 Å². The van der Waals surface area contributed by atoms with E-state index in [0.29, 0.717) is 30.2 Å². The van der Waals surface area contributed by atoms with E-state index < -0.39 is 17.9 Å². The number of ether oxygens (including phenoxy) is 5. The number of hydrogen-bond acceptors (Lipinski definition) is 8. The van der Waals surface area contributed by atoms with Gasteiger partial charge in [-0.05, 0) is 47.4 Å². The average Bonchev–Trinajstić information content (AvgIpc) is 3.22. The molecule has 33 heavy (non-hydrogen) atoms. The minimum Gasteiger partial charge on any atom is -0.497 e. The van der Waals surface area contributed by atoms with Crippen molar-refractivity contribution in [1.82, 2.24) is 4.90 Å². The van der Waals surface area contributed by atoms with Gasteiger partial charge in [0.2, 0.25) is 0 Å². The Hall–Kier alpha value is -3.26. The summed E-state index contributed by atoms with van der Waals surface area (Å²) in [6.45, 7) is 0.590. The zero-order valence-electron chi connectivity index (χ0n) is 19.5. The molecule has 0 bridgehead atoms. The van der Waals surface area contributed by atoms with Crippen LogP contribution in [0.2, 0.25) is 0 Å². The van der Waals surface area contributed by atoms with E-state index in [1.165, 1.54) is 14.2 Å². The van der Waals surface area contributed by atoms with Crippen LogP contribution in [0, 0.1) is 5.92 Å². The van der Waals surface area contributed by atoms with Crippen LogP contribution in [-0.2, 0) is 25.5 Å². The molecule has 2 aromatic carbocycles. The van der Waals surface area contributed by atoms with E-state index in [9.17, 15) is 9.59 Å². The number of carbonyl (C=O) groups excluding carboxylic acids is 2. The van der Waals surface area contributed by atoms with Crippen LogP contribution >= 0.6 is 0 Å². The predicted octanol–water partition coefficient (Wildman–Crippen LogP) is 2.74. The number of benzene rings is 2. The van der Waals surface area contributed by atoms with Crippen LogP contribution in [0.1, 0.15) is 28.7 Å². The summed E-state index contributed by atoms with van der Waals surface area (Å²) in [5.41, 5.74) is 2.83. The molecule has 0 amide bonds. The molecule has 0 saturated carbocycles. The summed E-state index contributed by atoms with van der Waals surface area (Å²) < 4.78 is 26.8. The number of nitrogens with zero attached hydrogens (tertiary/aromatic N) is 1. The van der Waals surface area contributed by atoms with E-state index in [1.54, 1.807) is 21.3 Å². The molecule has 0 radical (unpaired) electrons. The molecule has 0 spiro atoms. The molecule has 1 fully saturated rings. The Kier molecular flexibility index (Phi) is 6.47. The lowest BCUT2D eigenvalue weighted by molar-refractivity contribution is -0.147. The summed E-state index contributed by atoms with van der Waals surface area (Å²) in [5, 5.41) is 0. The quantitative estimate of drug-likeness (QED) is 0.615. The van der Waals surface area contributed by atoms with Crippen molar-refractivity contribution in [3.05, 3.63) is 53.1 Å². The van der Waals surface area contributed by atoms with Gasteiger partial charge in [0.15, 0.2) is 11.5 Å². The predicted molar refractivity (Wildman–Crippen MR) is 120 cm³/mol. The summed E-state index contributed by atoms with van der Waals surface area (Å²) in [7, 11) is 7.52. The summed E-state index contributed by atoms with van der Waals surface area (Å²) in [6, 6.07) is 10.3. The first-order valence-electron chi connectivity index (χ1n) is 10.8. The molecular weight excluding hydrogens is 426 g/mol. The highest BCUT2D eigenvalue weighted by atomic mass is 16.5. The normalized spacial score (nSPS) is 23.8. The maximum absolute atomic E-state index is 13.2. The molecule has 4 rings (SSSR count). The Balaban J connectivity index is 1.90. The summed E-state index contributed by atoms with van der Waals surface area (Å²) >= 11 is 0. The molecule has 8 heteroatoms. The minimum atomic E-state index is -0.640. The molecular formula is C25H29NO7. The third kappa shape index (κ3) is 3.78. The SMILES string of the molecule is COC(=O)[C@@H]1[C@@H](c2ccc(OC)cc2)[C@@H](C(=O)OC)N2CCc3cc(OC)c(OC)cc3[C@H]12. The van der Waals surface area contributed by atoms with Crippen LogP contribution in [0.5, 0.6) is 17.2 Å². The van der Waals surface area contributed by atoms with Crippen molar-refractivity contribution >= 4 is 11.9 Å². The Morgan fingerprint density at radius 3 is 2.06 bits per heavy atom. The van der Waals surface area contributed by atoms with Gasteiger partial charge in [-0.1, -0.05) is 12.1 Å². The molecule has 1 saturated heterocycles. The van der Waals surface area contributed by atoms with Crippen LogP contribution in [0.4, 0.5) is 0 Å². The zero-order chi connectivity index (χ0) is 23.7. The van der Waals surface area contributed by atoms with E-state index in [2.05, 4.69) is 4.90 Å². The second-order valence-corrected chi connectivity index (χ2v) is 8.15. The highest BCUT2D eigenvalue weighted by Gasteiger charge is 2.58. The lowest BCUT2D eigenvalue weighted by atomic mass is 9.78. The van der Waals surface area contributed by atoms with Crippen molar-refractivity contribution in [2.24, 2.45) is 5.92 Å². The first kappa shape index (κ1) is 22.9. The van der Waals surface area contributed by atoms with E-state index in [-0.39, 0.29) is 18.0 Å². The summed E-state index contributed by atoms with van der Waals surface area (Å²) in [4.78, 5) is 28.4. The third-order valence-electron chi connectivity index (χ3n) is 6.80. The standard InChI is InChI=1S/C25H29NO7/c1-29-16-8-6-14(7-9-16)20-21(24(27)32-4)22-17-13-19(31-3)18(30-2)12-15(17)10-11-26(22)23(20)25(28)33-5/h6-9,12-13,20-23H,10-11H2,1-5H3/t20-,21-,22-,23+/m1/s1. The first-order valence-corrected chi connectivity index (χ1v) is 10.8. The van der Waals surface area contributed by atoms with Gasteiger partial charge in [-0.2, -0.15) is 0 Å². The van der Waals surface area contributed by atoms with Gasteiger partial charge in [0.05, 0.1) is 47.5 Å². The van der Waals surface area contributed by atoms with Crippen molar-refractivity contribution in [2.75, 3.05) is 42.1 Å². The molecule has 0 N–H and O–H groups in total. The highest BCUT2D eigenvalue weighted by Crippen LogP contribution is 2.54. The van der Waals surface area contributed by atoms with Crippen LogP contribution in [0.15, 0.2) is 36.4 Å². The average molecular weight is 456 g/mol. The lowest BCUT2D eigenvalue weighted by Gasteiger charge is -2.36. The Morgan fingerprint density at radius 1 is 0.848 bits per heavy atom. The van der Waals surface area contributed by atoms with E-state index in [0.717, 1.165) is 16.7 Å². The smallest absolute Gasteiger partial charge is 0.323 e. The fraction of sp³-hybridized carbons (Fsp3) is 0.440. The molecule has 2 aliphatic heterocycles. The van der Waals surface area contributed by atoms with Crippen LogP contribution < -0.4 is 14.2 Å². The molecule has 176 valence electrons. The molecule has 4 atom stereocenters. The lowest BCUT2D eigenvalue weighted by Crippen LogP contribution is -2.43. The van der Waals surface area contributed by atoms with Gasteiger partial charge in [0.1, 0.15) is 11.8 Å². The van der Waals surface area contributed by atoms with Gasteiger partial charge in [-0.15, -0.1) is 0 Å². The van der Waals surface area contributed by atoms with Crippen molar-refractivity contribution in [3.8, 4) is 17.2 Å². The number of esters is 2. The fourth-order valence-corrected chi connectivity index (χ4v) is 5.34. The summed E-state index contributed by atoms with van der Waals surface area (Å²) in [5.74, 6) is 0.0687. The maximum atomic E-state index is 13.2. The monoisotopic (exact) mass is 455 g/mol. The zero-order valence-corrected chi connectivity index (χ0v) is 19.5.